The molecule has 2 aromatic carbocycles. The molecule has 172 valence electrons. The van der Waals surface area contributed by atoms with E-state index in [0.717, 1.165) is 23.3 Å². The second-order valence-electron chi connectivity index (χ2n) is 9.15. The number of carbonyl (C=O) groups excluding carboxylic acids is 2. The summed E-state index contributed by atoms with van der Waals surface area (Å²) in [6, 6.07) is 15.7. The second kappa shape index (κ2) is 8.45. The minimum Gasteiger partial charge on any atom is -0.507 e. The molecule has 5 rings (SSSR count). The molecule has 1 amide bonds. The number of aromatic nitrogens is 1. The third-order valence-electron chi connectivity index (χ3n) is 6.47. The summed E-state index contributed by atoms with van der Waals surface area (Å²) < 4.78 is 5.76. The molecule has 0 aliphatic carbocycles. The Hall–Kier alpha value is -3.93. The number of Topliss-reactive ketones (excluding diaryl/α,β-unsaturated/α-hetero) is 1. The second-order valence-corrected chi connectivity index (χ2v) is 9.15. The third-order valence-corrected chi connectivity index (χ3v) is 6.47. The number of aliphatic hydroxyl groups is 1. The number of rotatable bonds is 4. The highest BCUT2D eigenvalue weighted by Gasteiger charge is 2.47. The van der Waals surface area contributed by atoms with E-state index in [4.69, 9.17) is 4.74 Å². The van der Waals surface area contributed by atoms with Crippen LogP contribution >= 0.6 is 0 Å². The van der Waals surface area contributed by atoms with E-state index in [9.17, 15) is 14.7 Å². The Balaban J connectivity index is 1.65. The lowest BCUT2D eigenvalue weighted by atomic mass is 9.94. The van der Waals surface area contributed by atoms with Crippen molar-refractivity contribution in [3.05, 3.63) is 94.8 Å². The van der Waals surface area contributed by atoms with Crippen molar-refractivity contribution in [2.75, 3.05) is 4.90 Å². The number of aliphatic hydroxyl groups excluding tert-OH is 1. The fourth-order valence-electron chi connectivity index (χ4n) is 4.70. The fraction of sp³-hybridized carbons (Fsp3) is 0.250. The summed E-state index contributed by atoms with van der Waals surface area (Å²) in [5, 5.41) is 11.3. The third kappa shape index (κ3) is 3.65. The van der Waals surface area contributed by atoms with Gasteiger partial charge in [0, 0.05) is 30.1 Å². The number of pyridine rings is 1. The van der Waals surface area contributed by atoms with E-state index in [1.54, 1.807) is 36.7 Å². The molecule has 34 heavy (non-hydrogen) atoms. The van der Waals surface area contributed by atoms with Gasteiger partial charge in [-0.05, 0) is 72.0 Å². The average Bonchev–Trinajstić information content (AvgIpc) is 3.34. The van der Waals surface area contributed by atoms with E-state index < -0.39 is 17.7 Å². The first-order valence-corrected chi connectivity index (χ1v) is 11.5. The largest absolute Gasteiger partial charge is 0.507 e. The lowest BCUT2D eigenvalue weighted by molar-refractivity contribution is -0.132. The van der Waals surface area contributed by atoms with Crippen molar-refractivity contribution in [1.29, 1.82) is 0 Å². The van der Waals surface area contributed by atoms with Crippen LogP contribution in [0.3, 0.4) is 0 Å². The predicted octanol–water partition coefficient (Wildman–Crippen LogP) is 5.15. The Morgan fingerprint density at radius 1 is 1.06 bits per heavy atom. The highest BCUT2D eigenvalue weighted by molar-refractivity contribution is 6.51. The molecule has 1 aromatic heterocycles. The minimum absolute atomic E-state index is 0.0589. The Morgan fingerprint density at radius 3 is 2.44 bits per heavy atom. The first-order chi connectivity index (χ1) is 16.3. The lowest BCUT2D eigenvalue weighted by Gasteiger charge is -2.25. The maximum Gasteiger partial charge on any atom is 0.300 e. The quantitative estimate of drug-likeness (QED) is 0.335. The SMILES string of the molecule is CC1Cc2cc(/C(O)=C3/C(=O)C(=O)N(c4ccc(C(C)C)cc4)C3c3ccncc3)ccc2O1. The van der Waals surface area contributed by atoms with E-state index in [1.165, 1.54) is 4.90 Å². The van der Waals surface area contributed by atoms with E-state index in [1.807, 2.05) is 37.3 Å². The molecule has 6 nitrogen and oxygen atoms in total. The van der Waals surface area contributed by atoms with Crippen LogP contribution in [0.2, 0.25) is 0 Å². The van der Waals surface area contributed by atoms with Crippen molar-refractivity contribution in [3.63, 3.8) is 0 Å². The van der Waals surface area contributed by atoms with Crippen LogP contribution in [0.15, 0.2) is 72.6 Å². The molecule has 0 spiro atoms. The number of nitrogens with zero attached hydrogens (tertiary/aromatic N) is 2. The zero-order valence-corrected chi connectivity index (χ0v) is 19.4. The van der Waals surface area contributed by atoms with Crippen molar-refractivity contribution >= 4 is 23.1 Å². The van der Waals surface area contributed by atoms with Crippen molar-refractivity contribution in [2.45, 2.75) is 45.3 Å². The molecule has 6 heteroatoms. The van der Waals surface area contributed by atoms with Gasteiger partial charge in [0.2, 0.25) is 0 Å². The van der Waals surface area contributed by atoms with Gasteiger partial charge in [-0.2, -0.15) is 0 Å². The summed E-state index contributed by atoms with van der Waals surface area (Å²) in [4.78, 5) is 32.1. The van der Waals surface area contributed by atoms with E-state index in [2.05, 4.69) is 18.8 Å². The number of fused-ring (bicyclic) bond motifs is 1. The van der Waals surface area contributed by atoms with Crippen LogP contribution in [0.25, 0.3) is 5.76 Å². The summed E-state index contributed by atoms with van der Waals surface area (Å²) in [5.74, 6) is -0.452. The highest BCUT2D eigenvalue weighted by atomic mass is 16.5. The number of hydrogen-bond donors (Lipinski definition) is 1. The number of amides is 1. The molecular weight excluding hydrogens is 428 g/mol. The molecule has 1 N–H and O–H groups in total. The van der Waals surface area contributed by atoms with Gasteiger partial charge in [-0.3, -0.25) is 19.5 Å². The summed E-state index contributed by atoms with van der Waals surface area (Å²) >= 11 is 0. The van der Waals surface area contributed by atoms with E-state index >= 15 is 0 Å². The van der Waals surface area contributed by atoms with Gasteiger partial charge in [-0.15, -0.1) is 0 Å². The Kier molecular flexibility index (Phi) is 5.44. The smallest absolute Gasteiger partial charge is 0.300 e. The van der Waals surface area contributed by atoms with Gasteiger partial charge in [0.25, 0.3) is 11.7 Å². The van der Waals surface area contributed by atoms with Crippen LogP contribution in [0.1, 0.15) is 55.0 Å². The number of benzene rings is 2. The van der Waals surface area contributed by atoms with Crippen LogP contribution in [-0.4, -0.2) is 27.9 Å². The first kappa shape index (κ1) is 21.9. The lowest BCUT2D eigenvalue weighted by Crippen LogP contribution is -2.29. The topological polar surface area (TPSA) is 79.7 Å². The summed E-state index contributed by atoms with van der Waals surface area (Å²) in [6.07, 6.45) is 4.01. The standard InChI is InChI=1S/C28H26N2O4/c1-16(2)18-4-7-22(8-5-18)30-25(19-10-12-29-13-11-19)24(27(32)28(30)33)26(31)20-6-9-23-21(15-20)14-17(3)34-23/h4-13,15-17,25,31H,14H2,1-3H3/b26-24-. The van der Waals surface area contributed by atoms with Gasteiger partial charge in [-0.25, -0.2) is 0 Å². The zero-order valence-electron chi connectivity index (χ0n) is 19.4. The van der Waals surface area contributed by atoms with Crippen LogP contribution in [0.4, 0.5) is 5.69 Å². The Labute approximate surface area is 198 Å². The van der Waals surface area contributed by atoms with Gasteiger partial charge >= 0.3 is 0 Å². The van der Waals surface area contributed by atoms with Gasteiger partial charge < -0.3 is 9.84 Å². The van der Waals surface area contributed by atoms with Crippen molar-refractivity contribution < 1.29 is 19.4 Å². The van der Waals surface area contributed by atoms with E-state index in [-0.39, 0.29) is 17.4 Å². The molecule has 2 aliphatic heterocycles. The fourth-order valence-corrected chi connectivity index (χ4v) is 4.70. The monoisotopic (exact) mass is 454 g/mol. The van der Waals surface area contributed by atoms with Crippen molar-refractivity contribution in [3.8, 4) is 5.75 Å². The number of carbonyl (C=O) groups is 2. The molecule has 3 heterocycles. The predicted molar refractivity (Wildman–Crippen MR) is 130 cm³/mol. The molecule has 2 unspecified atom stereocenters. The number of hydrogen-bond acceptors (Lipinski definition) is 5. The summed E-state index contributed by atoms with van der Waals surface area (Å²) in [7, 11) is 0. The normalized spacial score (nSPS) is 21.1. The highest BCUT2D eigenvalue weighted by Crippen LogP contribution is 2.43. The maximum absolute atomic E-state index is 13.3. The van der Waals surface area contributed by atoms with Crippen LogP contribution in [0, 0.1) is 0 Å². The minimum atomic E-state index is -0.767. The van der Waals surface area contributed by atoms with Crippen molar-refractivity contribution in [1.82, 2.24) is 4.98 Å². The van der Waals surface area contributed by atoms with Gasteiger partial charge in [0.15, 0.2) is 0 Å². The van der Waals surface area contributed by atoms with E-state index in [0.29, 0.717) is 22.7 Å². The van der Waals surface area contributed by atoms with Gasteiger partial charge in [0.05, 0.1) is 11.6 Å². The molecule has 0 bridgehead atoms. The molecular formula is C28H26N2O4. The summed E-state index contributed by atoms with van der Waals surface area (Å²) in [5.41, 5.74) is 3.95. The van der Waals surface area contributed by atoms with Gasteiger partial charge in [0.1, 0.15) is 17.6 Å². The molecule has 0 radical (unpaired) electrons. The summed E-state index contributed by atoms with van der Waals surface area (Å²) in [6.45, 7) is 6.18. The van der Waals surface area contributed by atoms with Gasteiger partial charge in [-0.1, -0.05) is 26.0 Å². The molecule has 2 atom stereocenters. The Morgan fingerprint density at radius 2 is 1.76 bits per heavy atom. The molecule has 3 aromatic rings. The van der Waals surface area contributed by atoms with Crippen LogP contribution in [-0.2, 0) is 16.0 Å². The number of anilines is 1. The zero-order chi connectivity index (χ0) is 24.0. The number of ketones is 1. The maximum atomic E-state index is 13.3. The molecule has 1 saturated heterocycles. The number of ether oxygens (including phenoxy) is 1. The molecule has 2 aliphatic rings. The molecule has 1 fully saturated rings. The average molecular weight is 455 g/mol. The van der Waals surface area contributed by atoms with Crippen LogP contribution in [0.5, 0.6) is 5.75 Å². The molecule has 0 saturated carbocycles. The first-order valence-electron chi connectivity index (χ1n) is 11.5. The van der Waals surface area contributed by atoms with Crippen molar-refractivity contribution in [2.24, 2.45) is 0 Å². The Bertz CT molecular complexity index is 1300. The van der Waals surface area contributed by atoms with Crippen LogP contribution < -0.4 is 9.64 Å².